The summed E-state index contributed by atoms with van der Waals surface area (Å²) >= 11 is 1.36. The topological polar surface area (TPSA) is 88.6 Å². The molecule has 1 unspecified atom stereocenters. The minimum Gasteiger partial charge on any atom is -0.494 e. The second-order valence-electron chi connectivity index (χ2n) is 8.54. The van der Waals surface area contributed by atoms with Crippen molar-refractivity contribution in [2.45, 2.75) is 40.2 Å². The highest BCUT2D eigenvalue weighted by Crippen LogP contribution is 2.32. The largest absolute Gasteiger partial charge is 0.494 e. The van der Waals surface area contributed by atoms with E-state index in [4.69, 9.17) is 4.74 Å². The Labute approximate surface area is 202 Å². The van der Waals surface area contributed by atoms with Crippen molar-refractivity contribution in [3.05, 3.63) is 64.5 Å². The van der Waals surface area contributed by atoms with Gasteiger partial charge in [0.05, 0.1) is 23.4 Å². The van der Waals surface area contributed by atoms with Gasteiger partial charge in [0.2, 0.25) is 5.91 Å². The molecule has 0 saturated carbocycles. The molecule has 0 radical (unpaired) electrons. The van der Waals surface area contributed by atoms with E-state index in [-0.39, 0.29) is 5.92 Å². The fourth-order valence-corrected chi connectivity index (χ4v) is 4.89. The standard InChI is InChI=1S/C26H27N3O4S/c1-5-33-18-12-10-17(11-13-18)22-16(4)34-26(27-22)28-23(30)21(14-15(2)3)29-24(31)19-8-6-7-9-20(19)25(29)32/h6-13,15,21H,5,14H2,1-4H3,(H,27,28,30). The summed E-state index contributed by atoms with van der Waals surface area (Å²) in [5.41, 5.74) is 2.34. The van der Waals surface area contributed by atoms with Crippen LogP contribution in [0.3, 0.4) is 0 Å². The van der Waals surface area contributed by atoms with Crippen LogP contribution >= 0.6 is 11.3 Å². The lowest BCUT2D eigenvalue weighted by atomic mass is 10.0. The molecule has 0 bridgehead atoms. The van der Waals surface area contributed by atoms with Gasteiger partial charge in [0.15, 0.2) is 5.13 Å². The van der Waals surface area contributed by atoms with Crippen LogP contribution in [-0.2, 0) is 4.79 Å². The van der Waals surface area contributed by atoms with Crippen molar-refractivity contribution in [3.8, 4) is 17.0 Å². The van der Waals surface area contributed by atoms with Gasteiger partial charge < -0.3 is 10.1 Å². The number of aryl methyl sites for hydroxylation is 1. The van der Waals surface area contributed by atoms with Crippen molar-refractivity contribution in [2.75, 3.05) is 11.9 Å². The molecule has 176 valence electrons. The van der Waals surface area contributed by atoms with Crippen molar-refractivity contribution < 1.29 is 19.1 Å². The second-order valence-corrected chi connectivity index (χ2v) is 9.74. The summed E-state index contributed by atoms with van der Waals surface area (Å²) in [5.74, 6) is -0.420. The maximum atomic E-state index is 13.3. The zero-order valence-electron chi connectivity index (χ0n) is 19.6. The molecule has 1 aromatic heterocycles. The number of nitrogens with zero attached hydrogens (tertiary/aromatic N) is 2. The second kappa shape index (κ2) is 9.77. The average molecular weight is 478 g/mol. The van der Waals surface area contributed by atoms with Crippen molar-refractivity contribution >= 4 is 34.2 Å². The van der Waals surface area contributed by atoms with Gasteiger partial charge in [-0.1, -0.05) is 26.0 Å². The predicted molar refractivity (Wildman–Crippen MR) is 132 cm³/mol. The Balaban J connectivity index is 1.57. The van der Waals surface area contributed by atoms with E-state index in [9.17, 15) is 14.4 Å². The number of hydrogen-bond acceptors (Lipinski definition) is 6. The number of carbonyl (C=O) groups excluding carboxylic acids is 3. The number of nitrogens with one attached hydrogen (secondary N) is 1. The van der Waals surface area contributed by atoms with Crippen molar-refractivity contribution in [2.24, 2.45) is 5.92 Å². The number of aromatic nitrogens is 1. The molecule has 1 aliphatic rings. The Morgan fingerprint density at radius 1 is 1.06 bits per heavy atom. The predicted octanol–water partition coefficient (Wildman–Crippen LogP) is 5.17. The van der Waals surface area contributed by atoms with Gasteiger partial charge >= 0.3 is 0 Å². The number of imide groups is 1. The number of benzene rings is 2. The highest BCUT2D eigenvalue weighted by molar-refractivity contribution is 7.16. The molecule has 0 spiro atoms. The van der Waals surface area contributed by atoms with Crippen LogP contribution in [0.25, 0.3) is 11.3 Å². The first-order chi connectivity index (χ1) is 16.3. The number of anilines is 1. The van der Waals surface area contributed by atoms with E-state index >= 15 is 0 Å². The quantitative estimate of drug-likeness (QED) is 0.453. The number of fused-ring (bicyclic) bond motifs is 1. The van der Waals surface area contributed by atoms with Gasteiger partial charge in [-0.05, 0) is 62.6 Å². The van der Waals surface area contributed by atoms with Crippen LogP contribution in [0.15, 0.2) is 48.5 Å². The average Bonchev–Trinajstić information content (AvgIpc) is 3.29. The van der Waals surface area contributed by atoms with Crippen molar-refractivity contribution in [3.63, 3.8) is 0 Å². The van der Waals surface area contributed by atoms with Gasteiger partial charge in [0.1, 0.15) is 11.8 Å². The fraction of sp³-hybridized carbons (Fsp3) is 0.308. The number of hydrogen-bond donors (Lipinski definition) is 1. The molecule has 2 aromatic carbocycles. The minimum absolute atomic E-state index is 0.0949. The highest BCUT2D eigenvalue weighted by atomic mass is 32.1. The zero-order chi connectivity index (χ0) is 24.4. The molecule has 4 rings (SSSR count). The lowest BCUT2D eigenvalue weighted by molar-refractivity contribution is -0.120. The van der Waals surface area contributed by atoms with E-state index in [2.05, 4.69) is 10.3 Å². The van der Waals surface area contributed by atoms with Crippen LogP contribution in [0.5, 0.6) is 5.75 Å². The number of amides is 3. The van der Waals surface area contributed by atoms with E-state index in [0.717, 1.165) is 26.8 Å². The molecular formula is C26H27N3O4S. The number of thiazole rings is 1. The first kappa shape index (κ1) is 23.6. The van der Waals surface area contributed by atoms with Crippen LogP contribution in [0, 0.1) is 12.8 Å². The minimum atomic E-state index is -0.925. The molecule has 0 saturated heterocycles. The molecule has 8 heteroatoms. The molecule has 34 heavy (non-hydrogen) atoms. The van der Waals surface area contributed by atoms with Gasteiger partial charge in [0, 0.05) is 10.4 Å². The van der Waals surface area contributed by atoms with Crippen LogP contribution in [-0.4, -0.2) is 40.3 Å². The summed E-state index contributed by atoms with van der Waals surface area (Å²) in [5, 5.41) is 3.28. The van der Waals surface area contributed by atoms with E-state index in [1.807, 2.05) is 52.0 Å². The molecule has 1 N–H and O–H groups in total. The van der Waals surface area contributed by atoms with Gasteiger partial charge in [-0.3, -0.25) is 19.3 Å². The monoisotopic (exact) mass is 477 g/mol. The summed E-state index contributed by atoms with van der Waals surface area (Å²) < 4.78 is 5.50. The van der Waals surface area contributed by atoms with Crippen LogP contribution in [0.4, 0.5) is 5.13 Å². The van der Waals surface area contributed by atoms with E-state index in [1.54, 1.807) is 24.3 Å². The van der Waals surface area contributed by atoms with Crippen LogP contribution in [0.1, 0.15) is 52.8 Å². The van der Waals surface area contributed by atoms with Crippen molar-refractivity contribution in [1.82, 2.24) is 9.88 Å². The van der Waals surface area contributed by atoms with E-state index < -0.39 is 23.8 Å². The third-order valence-corrected chi connectivity index (χ3v) is 6.49. The van der Waals surface area contributed by atoms with E-state index in [1.165, 1.54) is 11.3 Å². The molecule has 2 heterocycles. The van der Waals surface area contributed by atoms with Gasteiger partial charge in [-0.2, -0.15) is 0 Å². The molecule has 7 nitrogen and oxygen atoms in total. The fourth-order valence-electron chi connectivity index (χ4n) is 4.05. The smallest absolute Gasteiger partial charge is 0.262 e. The third kappa shape index (κ3) is 4.59. The summed E-state index contributed by atoms with van der Waals surface area (Å²) in [6.45, 7) is 8.37. The first-order valence-electron chi connectivity index (χ1n) is 11.3. The third-order valence-electron chi connectivity index (χ3n) is 5.60. The lowest BCUT2D eigenvalue weighted by Gasteiger charge is -2.26. The Morgan fingerprint density at radius 3 is 2.24 bits per heavy atom. The lowest BCUT2D eigenvalue weighted by Crippen LogP contribution is -2.47. The maximum Gasteiger partial charge on any atom is 0.262 e. The normalized spacial score (nSPS) is 13.9. The maximum absolute atomic E-state index is 13.3. The summed E-state index contributed by atoms with van der Waals surface area (Å²) in [7, 11) is 0. The molecule has 1 atom stereocenters. The Morgan fingerprint density at radius 2 is 1.68 bits per heavy atom. The van der Waals surface area contributed by atoms with Gasteiger partial charge in [-0.25, -0.2) is 4.98 Å². The number of ether oxygens (including phenoxy) is 1. The number of carbonyl (C=O) groups is 3. The molecule has 0 aliphatic carbocycles. The van der Waals surface area contributed by atoms with Crippen LogP contribution < -0.4 is 10.1 Å². The molecule has 3 aromatic rings. The van der Waals surface area contributed by atoms with E-state index in [0.29, 0.717) is 29.3 Å². The zero-order valence-corrected chi connectivity index (χ0v) is 20.4. The van der Waals surface area contributed by atoms with Gasteiger partial charge in [-0.15, -0.1) is 11.3 Å². The Kier molecular flexibility index (Phi) is 6.79. The summed E-state index contributed by atoms with van der Waals surface area (Å²) in [4.78, 5) is 46.0. The number of rotatable bonds is 8. The Bertz CT molecular complexity index is 1200. The molecule has 1 aliphatic heterocycles. The van der Waals surface area contributed by atoms with Crippen molar-refractivity contribution in [1.29, 1.82) is 0 Å². The van der Waals surface area contributed by atoms with Crippen LogP contribution in [0.2, 0.25) is 0 Å². The first-order valence-corrected chi connectivity index (χ1v) is 12.1. The summed E-state index contributed by atoms with van der Waals surface area (Å²) in [6, 6.07) is 13.4. The molecule has 0 fully saturated rings. The highest BCUT2D eigenvalue weighted by Gasteiger charge is 2.43. The Hall–Kier alpha value is -3.52. The molecular weight excluding hydrogens is 450 g/mol. The summed E-state index contributed by atoms with van der Waals surface area (Å²) in [6.07, 6.45) is 0.355. The molecule has 3 amide bonds. The SMILES string of the molecule is CCOc1ccc(-c2nc(NC(=O)C(CC(C)C)N3C(=O)c4ccccc4C3=O)sc2C)cc1. The van der Waals surface area contributed by atoms with Gasteiger partial charge in [0.25, 0.3) is 11.8 Å².